The van der Waals surface area contributed by atoms with Crippen LogP contribution in [0.5, 0.6) is 5.75 Å². The number of nitrogens with one attached hydrogen (secondary N) is 1. The standard InChI is InChI=1S/C13H22N2O3S2/c1-3-7-18-13-5-4-12(9-11(13)10-14)20(16,17)15-6-8-19-2/h4-5,9,15H,3,6-8,10,14H2,1-2H3. The fraction of sp³-hybridized carbons (Fsp3) is 0.538. The summed E-state index contributed by atoms with van der Waals surface area (Å²) in [5, 5.41) is 0. The van der Waals surface area contributed by atoms with Crippen molar-refractivity contribution < 1.29 is 13.2 Å². The number of nitrogens with two attached hydrogens (primary N) is 1. The quantitative estimate of drug-likeness (QED) is 0.676. The van der Waals surface area contributed by atoms with Gasteiger partial charge in [0.1, 0.15) is 5.75 Å². The van der Waals surface area contributed by atoms with E-state index < -0.39 is 10.0 Å². The Bertz CT molecular complexity index is 518. The van der Waals surface area contributed by atoms with Crippen molar-refractivity contribution in [1.29, 1.82) is 0 Å². The molecule has 114 valence electrons. The van der Waals surface area contributed by atoms with E-state index in [-0.39, 0.29) is 11.4 Å². The Hall–Kier alpha value is -0.760. The highest BCUT2D eigenvalue weighted by molar-refractivity contribution is 7.98. The first-order chi connectivity index (χ1) is 9.55. The van der Waals surface area contributed by atoms with E-state index >= 15 is 0 Å². The maximum absolute atomic E-state index is 12.1. The molecule has 0 aliphatic heterocycles. The highest BCUT2D eigenvalue weighted by atomic mass is 32.2. The van der Waals surface area contributed by atoms with Crippen LogP contribution in [0.4, 0.5) is 0 Å². The molecule has 3 N–H and O–H groups in total. The predicted octanol–water partition coefficient (Wildman–Crippen LogP) is 1.58. The van der Waals surface area contributed by atoms with Crippen molar-refractivity contribution in [2.45, 2.75) is 24.8 Å². The van der Waals surface area contributed by atoms with Gasteiger partial charge in [0.05, 0.1) is 11.5 Å². The number of hydrogen-bond acceptors (Lipinski definition) is 5. The summed E-state index contributed by atoms with van der Waals surface area (Å²) in [6.45, 7) is 3.25. The maximum Gasteiger partial charge on any atom is 0.240 e. The van der Waals surface area contributed by atoms with Crippen LogP contribution in [0.2, 0.25) is 0 Å². The van der Waals surface area contributed by atoms with E-state index in [4.69, 9.17) is 10.5 Å². The number of rotatable bonds is 9. The summed E-state index contributed by atoms with van der Waals surface area (Å²) in [4.78, 5) is 0.225. The summed E-state index contributed by atoms with van der Waals surface area (Å²) in [6.07, 6.45) is 2.82. The summed E-state index contributed by atoms with van der Waals surface area (Å²) < 4.78 is 32.3. The number of sulfonamides is 1. The lowest BCUT2D eigenvalue weighted by atomic mass is 10.2. The molecule has 0 heterocycles. The van der Waals surface area contributed by atoms with Crippen LogP contribution in [0.1, 0.15) is 18.9 Å². The molecular weight excluding hydrogens is 296 g/mol. The summed E-state index contributed by atoms with van der Waals surface area (Å²) >= 11 is 1.59. The van der Waals surface area contributed by atoms with E-state index in [0.29, 0.717) is 24.5 Å². The van der Waals surface area contributed by atoms with Crippen LogP contribution in [0, 0.1) is 0 Å². The molecule has 0 amide bonds. The third-order valence-electron chi connectivity index (χ3n) is 2.62. The summed E-state index contributed by atoms with van der Waals surface area (Å²) in [5.41, 5.74) is 6.36. The first-order valence-electron chi connectivity index (χ1n) is 6.49. The summed E-state index contributed by atoms with van der Waals surface area (Å²) in [5.74, 6) is 1.39. The van der Waals surface area contributed by atoms with Crippen LogP contribution in [-0.4, -0.2) is 33.6 Å². The van der Waals surface area contributed by atoms with Crippen molar-refractivity contribution in [3.8, 4) is 5.75 Å². The molecule has 0 atom stereocenters. The van der Waals surface area contributed by atoms with Crippen LogP contribution in [-0.2, 0) is 16.6 Å². The van der Waals surface area contributed by atoms with Crippen molar-refractivity contribution in [3.63, 3.8) is 0 Å². The second kappa shape index (κ2) is 8.51. The van der Waals surface area contributed by atoms with Gasteiger partial charge in [0.2, 0.25) is 10.0 Å². The van der Waals surface area contributed by atoms with E-state index in [1.165, 1.54) is 0 Å². The van der Waals surface area contributed by atoms with Crippen LogP contribution < -0.4 is 15.2 Å². The Kier molecular flexibility index (Phi) is 7.36. The van der Waals surface area contributed by atoms with Gasteiger partial charge in [0.25, 0.3) is 0 Å². The highest BCUT2D eigenvalue weighted by Gasteiger charge is 2.15. The molecule has 0 unspecified atom stereocenters. The number of thioether (sulfide) groups is 1. The fourth-order valence-corrected chi connectivity index (χ4v) is 3.11. The highest BCUT2D eigenvalue weighted by Crippen LogP contribution is 2.22. The first-order valence-corrected chi connectivity index (χ1v) is 9.37. The molecule has 0 bridgehead atoms. The number of hydrogen-bond donors (Lipinski definition) is 2. The molecule has 0 saturated carbocycles. The molecule has 1 aromatic carbocycles. The molecular formula is C13H22N2O3S2. The Morgan fingerprint density at radius 2 is 2.15 bits per heavy atom. The predicted molar refractivity (Wildman–Crippen MR) is 83.7 cm³/mol. The van der Waals surface area contributed by atoms with Gasteiger partial charge in [0.15, 0.2) is 0 Å². The van der Waals surface area contributed by atoms with Crippen LogP contribution >= 0.6 is 11.8 Å². The molecule has 0 aromatic heterocycles. The molecule has 7 heteroatoms. The molecule has 0 aliphatic rings. The van der Waals surface area contributed by atoms with Gasteiger partial charge in [-0.25, -0.2) is 13.1 Å². The second-order valence-corrected chi connectivity index (χ2v) is 6.97. The smallest absolute Gasteiger partial charge is 0.240 e. The van der Waals surface area contributed by atoms with Gasteiger partial charge in [-0.15, -0.1) is 0 Å². The van der Waals surface area contributed by atoms with Crippen molar-refractivity contribution in [2.24, 2.45) is 5.73 Å². The molecule has 1 rings (SSSR count). The van der Waals surface area contributed by atoms with Crippen molar-refractivity contribution >= 4 is 21.8 Å². The van der Waals surface area contributed by atoms with E-state index in [9.17, 15) is 8.42 Å². The lowest BCUT2D eigenvalue weighted by molar-refractivity contribution is 0.314. The molecule has 5 nitrogen and oxygen atoms in total. The SMILES string of the molecule is CCCOc1ccc(S(=O)(=O)NCCSC)cc1CN. The molecule has 1 aromatic rings. The lowest BCUT2D eigenvalue weighted by Crippen LogP contribution is -2.26. The van der Waals surface area contributed by atoms with Gasteiger partial charge in [-0.05, 0) is 30.9 Å². The topological polar surface area (TPSA) is 81.4 Å². The summed E-state index contributed by atoms with van der Waals surface area (Å²) in [7, 11) is -3.48. The normalized spacial score (nSPS) is 11.6. The zero-order valence-corrected chi connectivity index (χ0v) is 13.5. The van der Waals surface area contributed by atoms with E-state index in [0.717, 1.165) is 12.2 Å². The molecule has 20 heavy (non-hydrogen) atoms. The van der Waals surface area contributed by atoms with Crippen LogP contribution in [0.25, 0.3) is 0 Å². The minimum Gasteiger partial charge on any atom is -0.493 e. The second-order valence-electron chi connectivity index (χ2n) is 4.21. The van der Waals surface area contributed by atoms with Crippen LogP contribution in [0.15, 0.2) is 23.1 Å². The maximum atomic E-state index is 12.1. The zero-order chi connectivity index (χ0) is 15.0. The van der Waals surface area contributed by atoms with Gasteiger partial charge >= 0.3 is 0 Å². The minimum absolute atomic E-state index is 0.225. The minimum atomic E-state index is -3.48. The van der Waals surface area contributed by atoms with Gasteiger partial charge in [-0.1, -0.05) is 6.92 Å². The Balaban J connectivity index is 2.91. The fourth-order valence-electron chi connectivity index (χ4n) is 1.60. The Labute approximate surface area is 125 Å². The number of ether oxygens (including phenoxy) is 1. The van der Waals surface area contributed by atoms with Gasteiger partial charge in [-0.3, -0.25) is 0 Å². The molecule has 0 aliphatic carbocycles. The van der Waals surface area contributed by atoms with E-state index in [1.807, 2.05) is 13.2 Å². The average Bonchev–Trinajstić information content (AvgIpc) is 2.45. The Morgan fingerprint density at radius 1 is 1.40 bits per heavy atom. The van der Waals surface area contributed by atoms with Crippen molar-refractivity contribution in [1.82, 2.24) is 4.72 Å². The Morgan fingerprint density at radius 3 is 2.75 bits per heavy atom. The number of benzene rings is 1. The third kappa shape index (κ3) is 4.97. The third-order valence-corrected chi connectivity index (χ3v) is 4.69. The molecule has 0 saturated heterocycles. The van der Waals surface area contributed by atoms with Crippen molar-refractivity contribution in [2.75, 3.05) is 25.2 Å². The van der Waals surface area contributed by atoms with Gasteiger partial charge in [0, 0.05) is 24.4 Å². The first kappa shape index (κ1) is 17.3. The largest absolute Gasteiger partial charge is 0.493 e. The van der Waals surface area contributed by atoms with Crippen molar-refractivity contribution in [3.05, 3.63) is 23.8 Å². The molecule has 0 spiro atoms. The average molecular weight is 318 g/mol. The van der Waals surface area contributed by atoms with Gasteiger partial charge < -0.3 is 10.5 Å². The molecule has 0 fully saturated rings. The summed E-state index contributed by atoms with van der Waals surface area (Å²) in [6, 6.07) is 4.79. The zero-order valence-electron chi connectivity index (χ0n) is 11.9. The van der Waals surface area contributed by atoms with Gasteiger partial charge in [-0.2, -0.15) is 11.8 Å². The lowest BCUT2D eigenvalue weighted by Gasteiger charge is -2.12. The van der Waals surface area contributed by atoms with Crippen LogP contribution in [0.3, 0.4) is 0 Å². The van der Waals surface area contributed by atoms with E-state index in [2.05, 4.69) is 4.72 Å². The van der Waals surface area contributed by atoms with E-state index in [1.54, 1.807) is 30.0 Å². The monoisotopic (exact) mass is 318 g/mol. The molecule has 0 radical (unpaired) electrons.